The largest absolute Gasteiger partial charge is 0.469 e. The van der Waals surface area contributed by atoms with Crippen LogP contribution in [0, 0.1) is 12.8 Å². The highest BCUT2D eigenvalue weighted by Crippen LogP contribution is 2.23. The molecule has 1 aromatic carbocycles. The van der Waals surface area contributed by atoms with E-state index >= 15 is 0 Å². The standard InChI is InChI=1S/C22H24N4O3S/c1-15-19(8-10-29-15)21(28)25-22-24-17(14-30-22)11-20(27)23-12-16-7-9-26(13-16)18-5-3-2-4-6-18/h2-6,8,10,14,16H,7,9,11-13H2,1H3,(H,23,27)(H,24,25,28)/t16-/m1/s1. The van der Waals surface area contributed by atoms with Crippen LogP contribution in [-0.4, -0.2) is 36.4 Å². The highest BCUT2D eigenvalue weighted by molar-refractivity contribution is 7.14. The minimum atomic E-state index is -0.268. The molecule has 0 saturated carbocycles. The van der Waals surface area contributed by atoms with E-state index in [4.69, 9.17) is 4.42 Å². The Morgan fingerprint density at radius 3 is 2.87 bits per heavy atom. The Morgan fingerprint density at radius 2 is 2.10 bits per heavy atom. The quantitative estimate of drug-likeness (QED) is 0.606. The van der Waals surface area contributed by atoms with Crippen LogP contribution in [0.15, 0.2) is 52.5 Å². The predicted molar refractivity (Wildman–Crippen MR) is 117 cm³/mol. The highest BCUT2D eigenvalue weighted by atomic mass is 32.1. The van der Waals surface area contributed by atoms with Crippen molar-refractivity contribution < 1.29 is 14.0 Å². The number of para-hydroxylation sites is 1. The summed E-state index contributed by atoms with van der Waals surface area (Å²) >= 11 is 1.30. The molecule has 8 heteroatoms. The van der Waals surface area contributed by atoms with Gasteiger partial charge in [0.25, 0.3) is 5.91 Å². The van der Waals surface area contributed by atoms with Gasteiger partial charge in [-0.25, -0.2) is 4.98 Å². The molecule has 1 atom stereocenters. The van der Waals surface area contributed by atoms with Gasteiger partial charge in [0.05, 0.1) is 23.9 Å². The molecule has 3 heterocycles. The summed E-state index contributed by atoms with van der Waals surface area (Å²) in [6, 6.07) is 12.0. The van der Waals surface area contributed by atoms with Crippen LogP contribution in [0.1, 0.15) is 28.2 Å². The van der Waals surface area contributed by atoms with Gasteiger partial charge >= 0.3 is 0 Å². The van der Waals surface area contributed by atoms with E-state index < -0.39 is 0 Å². The monoisotopic (exact) mass is 424 g/mol. The average molecular weight is 425 g/mol. The molecule has 1 aliphatic heterocycles. The van der Waals surface area contributed by atoms with Crippen LogP contribution in [-0.2, 0) is 11.2 Å². The Kier molecular flexibility index (Phi) is 6.13. The van der Waals surface area contributed by atoms with Crippen molar-refractivity contribution in [2.75, 3.05) is 29.9 Å². The molecule has 0 unspecified atom stereocenters. The van der Waals surface area contributed by atoms with Crippen LogP contribution < -0.4 is 15.5 Å². The van der Waals surface area contributed by atoms with Gasteiger partial charge < -0.3 is 14.6 Å². The van der Waals surface area contributed by atoms with Crippen molar-refractivity contribution in [3.63, 3.8) is 0 Å². The van der Waals surface area contributed by atoms with Gasteiger partial charge in [-0.05, 0) is 37.5 Å². The second kappa shape index (κ2) is 9.13. The minimum Gasteiger partial charge on any atom is -0.469 e. The van der Waals surface area contributed by atoms with Crippen molar-refractivity contribution in [1.29, 1.82) is 0 Å². The second-order valence-electron chi connectivity index (χ2n) is 7.41. The smallest absolute Gasteiger partial charge is 0.260 e. The zero-order valence-corrected chi connectivity index (χ0v) is 17.6. The Bertz CT molecular complexity index is 1010. The molecule has 1 fully saturated rings. The van der Waals surface area contributed by atoms with Gasteiger partial charge in [-0.1, -0.05) is 18.2 Å². The number of carbonyl (C=O) groups is 2. The minimum absolute atomic E-state index is 0.0537. The molecule has 7 nitrogen and oxygen atoms in total. The Hall–Kier alpha value is -3.13. The number of benzene rings is 1. The van der Waals surface area contributed by atoms with Crippen molar-refractivity contribution in [2.24, 2.45) is 5.92 Å². The van der Waals surface area contributed by atoms with E-state index in [2.05, 4.69) is 32.7 Å². The molecular formula is C22H24N4O3S. The summed E-state index contributed by atoms with van der Waals surface area (Å²) in [4.78, 5) is 31.2. The molecule has 2 amide bonds. The molecular weight excluding hydrogens is 400 g/mol. The summed E-state index contributed by atoms with van der Waals surface area (Å²) in [5, 5.41) is 8.04. The number of rotatable bonds is 7. The number of furan rings is 1. The third-order valence-corrected chi connectivity index (χ3v) is 6.02. The summed E-state index contributed by atoms with van der Waals surface area (Å²) in [7, 11) is 0. The van der Waals surface area contributed by atoms with E-state index in [1.54, 1.807) is 18.4 Å². The van der Waals surface area contributed by atoms with Gasteiger partial charge in [0.15, 0.2) is 5.13 Å². The fourth-order valence-corrected chi connectivity index (χ4v) is 4.29. The number of aromatic nitrogens is 1. The number of nitrogens with one attached hydrogen (secondary N) is 2. The maximum absolute atomic E-state index is 12.3. The van der Waals surface area contributed by atoms with Crippen LogP contribution in [0.25, 0.3) is 0 Å². The summed E-state index contributed by atoms with van der Waals surface area (Å²) in [6.07, 6.45) is 2.74. The fraction of sp³-hybridized carbons (Fsp3) is 0.318. The highest BCUT2D eigenvalue weighted by Gasteiger charge is 2.23. The molecule has 156 valence electrons. The van der Waals surface area contributed by atoms with Crippen molar-refractivity contribution in [2.45, 2.75) is 19.8 Å². The fourth-order valence-electron chi connectivity index (χ4n) is 3.59. The first-order chi connectivity index (χ1) is 14.6. The first kappa shape index (κ1) is 20.2. The molecule has 30 heavy (non-hydrogen) atoms. The topological polar surface area (TPSA) is 87.5 Å². The van der Waals surface area contributed by atoms with Gasteiger partial charge in [0.1, 0.15) is 5.76 Å². The number of thiazole rings is 1. The van der Waals surface area contributed by atoms with E-state index in [9.17, 15) is 9.59 Å². The van der Waals surface area contributed by atoms with Gasteiger partial charge in [0, 0.05) is 30.7 Å². The molecule has 3 aromatic rings. The Morgan fingerprint density at radius 1 is 1.27 bits per heavy atom. The van der Waals surface area contributed by atoms with Crippen LogP contribution in [0.4, 0.5) is 10.8 Å². The van der Waals surface area contributed by atoms with E-state index in [1.807, 2.05) is 18.2 Å². The lowest BCUT2D eigenvalue weighted by molar-refractivity contribution is -0.120. The second-order valence-corrected chi connectivity index (χ2v) is 8.26. The normalized spacial score (nSPS) is 15.9. The third-order valence-electron chi connectivity index (χ3n) is 5.21. The summed E-state index contributed by atoms with van der Waals surface area (Å²) < 4.78 is 5.15. The van der Waals surface area contributed by atoms with E-state index in [0.717, 1.165) is 19.5 Å². The lowest BCUT2D eigenvalue weighted by atomic mass is 10.1. The number of amides is 2. The number of hydrogen-bond donors (Lipinski definition) is 2. The van der Waals surface area contributed by atoms with Crippen molar-refractivity contribution in [3.05, 3.63) is 65.1 Å². The molecule has 1 aliphatic rings. The van der Waals surface area contributed by atoms with Crippen LogP contribution in [0.2, 0.25) is 0 Å². The Labute approximate surface area is 179 Å². The molecule has 0 spiro atoms. The van der Waals surface area contributed by atoms with Crippen molar-refractivity contribution >= 4 is 34.0 Å². The number of nitrogens with zero attached hydrogens (tertiary/aromatic N) is 2. The molecule has 4 rings (SSSR count). The lowest BCUT2D eigenvalue weighted by Gasteiger charge is -2.18. The lowest BCUT2D eigenvalue weighted by Crippen LogP contribution is -2.32. The molecule has 0 radical (unpaired) electrons. The van der Waals surface area contributed by atoms with E-state index in [1.165, 1.54) is 23.3 Å². The first-order valence-electron chi connectivity index (χ1n) is 9.95. The number of carbonyl (C=O) groups excluding carboxylic acids is 2. The van der Waals surface area contributed by atoms with Gasteiger partial charge in [-0.15, -0.1) is 11.3 Å². The molecule has 2 aromatic heterocycles. The number of aryl methyl sites for hydroxylation is 1. The molecule has 2 N–H and O–H groups in total. The van der Waals surface area contributed by atoms with Gasteiger partial charge in [-0.2, -0.15) is 0 Å². The summed E-state index contributed by atoms with van der Waals surface area (Å²) in [5.74, 6) is 0.678. The third kappa shape index (κ3) is 4.88. The van der Waals surface area contributed by atoms with Crippen LogP contribution in [0.3, 0.4) is 0 Å². The van der Waals surface area contributed by atoms with Gasteiger partial charge in [-0.3, -0.25) is 14.9 Å². The predicted octanol–water partition coefficient (Wildman–Crippen LogP) is 3.48. The molecule has 0 bridgehead atoms. The zero-order chi connectivity index (χ0) is 20.9. The maximum atomic E-state index is 12.3. The first-order valence-corrected chi connectivity index (χ1v) is 10.8. The van der Waals surface area contributed by atoms with Crippen LogP contribution >= 0.6 is 11.3 Å². The molecule has 0 aliphatic carbocycles. The average Bonchev–Trinajstić information content (AvgIpc) is 3.48. The van der Waals surface area contributed by atoms with E-state index in [0.29, 0.717) is 34.6 Å². The Balaban J connectivity index is 1.22. The van der Waals surface area contributed by atoms with Crippen molar-refractivity contribution in [3.8, 4) is 0 Å². The molecule has 1 saturated heterocycles. The number of anilines is 2. The maximum Gasteiger partial charge on any atom is 0.260 e. The summed E-state index contributed by atoms with van der Waals surface area (Å²) in [5.41, 5.74) is 2.36. The SMILES string of the molecule is Cc1occc1C(=O)Nc1nc(CC(=O)NC[C@H]2CCN(c3ccccc3)C2)cs1. The van der Waals surface area contributed by atoms with Crippen LogP contribution in [0.5, 0.6) is 0 Å². The van der Waals surface area contributed by atoms with Gasteiger partial charge in [0.2, 0.25) is 5.91 Å². The summed E-state index contributed by atoms with van der Waals surface area (Å²) in [6.45, 7) is 4.35. The zero-order valence-electron chi connectivity index (χ0n) is 16.8. The number of hydrogen-bond acceptors (Lipinski definition) is 6. The van der Waals surface area contributed by atoms with E-state index in [-0.39, 0.29) is 18.2 Å². The van der Waals surface area contributed by atoms with Crippen molar-refractivity contribution in [1.82, 2.24) is 10.3 Å².